The summed E-state index contributed by atoms with van der Waals surface area (Å²) in [5, 5.41) is 0.887. The van der Waals surface area contributed by atoms with Gasteiger partial charge in [0.1, 0.15) is 0 Å². The van der Waals surface area contributed by atoms with Crippen LogP contribution in [0.1, 0.15) is 53.9 Å². The summed E-state index contributed by atoms with van der Waals surface area (Å²) in [7, 11) is 0. The van der Waals surface area contributed by atoms with Crippen LogP contribution in [0.15, 0.2) is 0 Å². The zero-order valence-corrected chi connectivity index (χ0v) is 10.4. The predicted octanol–water partition coefficient (Wildman–Crippen LogP) is 4.10. The summed E-state index contributed by atoms with van der Waals surface area (Å²) in [4.78, 5) is 0. The molecule has 0 bridgehead atoms. The first-order chi connectivity index (χ1) is 5.83. The van der Waals surface area contributed by atoms with Crippen molar-refractivity contribution in [2.75, 3.05) is 0 Å². The fourth-order valence-electron chi connectivity index (χ4n) is 3.92. The second kappa shape index (κ2) is 2.48. The molecule has 1 heteroatoms. The monoisotopic (exact) mass is 198 g/mol. The SMILES string of the molecule is CC1SC12C(C)(C)CCCC2(C)C. The van der Waals surface area contributed by atoms with Gasteiger partial charge in [0.15, 0.2) is 0 Å². The molecule has 1 aliphatic carbocycles. The van der Waals surface area contributed by atoms with Gasteiger partial charge in [-0.3, -0.25) is 0 Å². The first-order valence-corrected chi connectivity index (χ1v) is 6.39. The molecule has 2 rings (SSSR count). The van der Waals surface area contributed by atoms with Gasteiger partial charge in [-0.15, -0.1) is 11.8 Å². The minimum Gasteiger partial charge on any atom is -0.148 e. The highest BCUT2D eigenvalue weighted by molar-refractivity contribution is 8.08. The topological polar surface area (TPSA) is 0 Å². The van der Waals surface area contributed by atoms with Gasteiger partial charge >= 0.3 is 0 Å². The molecule has 0 nitrogen and oxygen atoms in total. The Morgan fingerprint density at radius 3 is 1.62 bits per heavy atom. The van der Waals surface area contributed by atoms with E-state index in [9.17, 15) is 0 Å². The maximum Gasteiger partial charge on any atom is 0.0381 e. The lowest BCUT2D eigenvalue weighted by Gasteiger charge is -2.50. The Bertz CT molecular complexity index is 211. The fourth-order valence-corrected chi connectivity index (χ4v) is 5.89. The quantitative estimate of drug-likeness (QED) is 0.528. The van der Waals surface area contributed by atoms with Crippen molar-refractivity contribution in [2.24, 2.45) is 10.8 Å². The average molecular weight is 198 g/mol. The van der Waals surface area contributed by atoms with Crippen molar-refractivity contribution in [1.82, 2.24) is 0 Å². The molecule has 0 amide bonds. The zero-order valence-electron chi connectivity index (χ0n) is 9.61. The summed E-state index contributed by atoms with van der Waals surface area (Å²) >= 11 is 2.23. The minimum absolute atomic E-state index is 0.554. The molecule has 0 aromatic heterocycles. The van der Waals surface area contributed by atoms with Gasteiger partial charge < -0.3 is 0 Å². The normalized spacial score (nSPS) is 39.0. The third kappa shape index (κ3) is 1.06. The van der Waals surface area contributed by atoms with E-state index >= 15 is 0 Å². The van der Waals surface area contributed by atoms with Crippen molar-refractivity contribution >= 4 is 11.8 Å². The molecule has 1 heterocycles. The highest BCUT2D eigenvalue weighted by Crippen LogP contribution is 2.74. The van der Waals surface area contributed by atoms with Gasteiger partial charge in [-0.1, -0.05) is 41.0 Å². The molecule has 13 heavy (non-hydrogen) atoms. The van der Waals surface area contributed by atoms with Gasteiger partial charge in [-0.2, -0.15) is 0 Å². The maximum absolute atomic E-state index is 2.48. The summed E-state index contributed by atoms with van der Waals surface area (Å²) in [5.41, 5.74) is 1.11. The van der Waals surface area contributed by atoms with E-state index in [0.717, 1.165) is 5.25 Å². The third-order valence-electron chi connectivity index (χ3n) is 4.49. The van der Waals surface area contributed by atoms with E-state index in [4.69, 9.17) is 0 Å². The second-order valence-electron chi connectivity index (χ2n) is 6.12. The lowest BCUT2D eigenvalue weighted by atomic mass is 9.56. The molecule has 1 saturated heterocycles. The Kier molecular flexibility index (Phi) is 1.88. The van der Waals surface area contributed by atoms with Crippen molar-refractivity contribution in [1.29, 1.82) is 0 Å². The van der Waals surface area contributed by atoms with Crippen molar-refractivity contribution in [2.45, 2.75) is 63.9 Å². The van der Waals surface area contributed by atoms with Gasteiger partial charge in [-0.05, 0) is 23.7 Å². The summed E-state index contributed by atoms with van der Waals surface area (Å²) in [5.74, 6) is 0. The Morgan fingerprint density at radius 1 is 1.00 bits per heavy atom. The van der Waals surface area contributed by atoms with Crippen LogP contribution in [-0.4, -0.2) is 10.00 Å². The molecule has 1 spiro atoms. The predicted molar refractivity (Wildman–Crippen MR) is 61.2 cm³/mol. The van der Waals surface area contributed by atoms with Crippen LogP contribution in [-0.2, 0) is 0 Å². The van der Waals surface area contributed by atoms with Gasteiger partial charge in [0.05, 0.1) is 0 Å². The Balaban J connectivity index is 2.36. The lowest BCUT2D eigenvalue weighted by Crippen LogP contribution is -2.49. The zero-order chi connectivity index (χ0) is 9.91. The van der Waals surface area contributed by atoms with Gasteiger partial charge in [0.2, 0.25) is 0 Å². The largest absolute Gasteiger partial charge is 0.148 e. The lowest BCUT2D eigenvalue weighted by molar-refractivity contribution is 0.0716. The number of rotatable bonds is 0. The molecule has 0 N–H and O–H groups in total. The van der Waals surface area contributed by atoms with E-state index in [1.165, 1.54) is 19.3 Å². The molecule has 2 aliphatic rings. The Morgan fingerprint density at radius 2 is 1.38 bits per heavy atom. The molecule has 0 aromatic rings. The first kappa shape index (κ1) is 9.89. The van der Waals surface area contributed by atoms with Crippen LogP contribution in [0.25, 0.3) is 0 Å². The van der Waals surface area contributed by atoms with Crippen LogP contribution < -0.4 is 0 Å². The molecular formula is C12H22S. The standard InChI is InChI=1S/C12H22S/c1-9-12(13-9)10(2,3)7-6-8-11(12,4)5/h9H,6-8H2,1-5H3. The van der Waals surface area contributed by atoms with Gasteiger partial charge in [-0.25, -0.2) is 0 Å². The first-order valence-electron chi connectivity index (χ1n) is 5.51. The fraction of sp³-hybridized carbons (Fsp3) is 1.00. The van der Waals surface area contributed by atoms with Gasteiger partial charge in [0.25, 0.3) is 0 Å². The summed E-state index contributed by atoms with van der Waals surface area (Å²) < 4.78 is 0.595. The molecule has 1 aliphatic heterocycles. The molecule has 0 aromatic carbocycles. The van der Waals surface area contributed by atoms with Crippen molar-refractivity contribution in [3.63, 3.8) is 0 Å². The van der Waals surface area contributed by atoms with E-state index < -0.39 is 0 Å². The minimum atomic E-state index is 0.554. The van der Waals surface area contributed by atoms with E-state index in [1.54, 1.807) is 0 Å². The third-order valence-corrected chi connectivity index (χ3v) is 6.78. The van der Waals surface area contributed by atoms with Crippen molar-refractivity contribution < 1.29 is 0 Å². The van der Waals surface area contributed by atoms with E-state index in [2.05, 4.69) is 46.4 Å². The van der Waals surface area contributed by atoms with Crippen LogP contribution in [0.3, 0.4) is 0 Å². The Hall–Kier alpha value is 0.350. The molecular weight excluding hydrogens is 176 g/mol. The Labute approximate surface area is 86.9 Å². The van der Waals surface area contributed by atoms with Crippen LogP contribution in [0.5, 0.6) is 0 Å². The summed E-state index contributed by atoms with van der Waals surface area (Å²) in [6.45, 7) is 12.3. The highest BCUT2D eigenvalue weighted by Gasteiger charge is 2.69. The van der Waals surface area contributed by atoms with Crippen LogP contribution in [0.4, 0.5) is 0 Å². The van der Waals surface area contributed by atoms with E-state index in [1.807, 2.05) is 0 Å². The number of hydrogen-bond donors (Lipinski definition) is 0. The van der Waals surface area contributed by atoms with Crippen LogP contribution in [0.2, 0.25) is 0 Å². The van der Waals surface area contributed by atoms with Crippen molar-refractivity contribution in [3.8, 4) is 0 Å². The molecule has 1 saturated carbocycles. The average Bonchev–Trinajstić information content (AvgIpc) is 2.60. The smallest absolute Gasteiger partial charge is 0.0381 e. The maximum atomic E-state index is 2.48. The van der Waals surface area contributed by atoms with Gasteiger partial charge in [0, 0.05) is 10.00 Å². The highest BCUT2D eigenvalue weighted by atomic mass is 32.2. The summed E-state index contributed by atoms with van der Waals surface area (Å²) in [6, 6.07) is 0. The second-order valence-corrected chi connectivity index (χ2v) is 7.70. The van der Waals surface area contributed by atoms with Crippen molar-refractivity contribution in [3.05, 3.63) is 0 Å². The summed E-state index contributed by atoms with van der Waals surface area (Å²) in [6.07, 6.45) is 4.27. The number of thioether (sulfide) groups is 1. The van der Waals surface area contributed by atoms with E-state index in [0.29, 0.717) is 15.6 Å². The number of hydrogen-bond acceptors (Lipinski definition) is 1. The molecule has 2 fully saturated rings. The molecule has 1 unspecified atom stereocenters. The van der Waals surface area contributed by atoms with E-state index in [-0.39, 0.29) is 0 Å². The van der Waals surface area contributed by atoms with Crippen LogP contribution >= 0.6 is 11.8 Å². The van der Waals surface area contributed by atoms with Crippen LogP contribution in [0, 0.1) is 10.8 Å². The molecule has 1 atom stereocenters. The molecule has 76 valence electrons. The molecule has 0 radical (unpaired) electrons.